The minimum Gasteiger partial charge on any atom is -0.456 e. The van der Waals surface area contributed by atoms with Gasteiger partial charge in [-0.1, -0.05) is 129 Å². The second kappa shape index (κ2) is 14.3. The van der Waals surface area contributed by atoms with E-state index in [0.717, 1.165) is 83.2 Å². The minimum atomic E-state index is -0.276. The van der Waals surface area contributed by atoms with E-state index in [0.29, 0.717) is 0 Å². The number of nitrogens with zero attached hydrogens (tertiary/aromatic N) is 2. The molecule has 0 atom stereocenters. The van der Waals surface area contributed by atoms with Crippen molar-refractivity contribution in [3.63, 3.8) is 0 Å². The molecule has 10 aromatic carbocycles. The molecule has 0 fully saturated rings. The fourth-order valence-electron chi connectivity index (χ4n) is 10.0. The lowest BCUT2D eigenvalue weighted by molar-refractivity contribution is 0.628. The first-order valence-corrected chi connectivity index (χ1v) is 21.5. The van der Waals surface area contributed by atoms with Gasteiger partial charge in [0, 0.05) is 38.6 Å². The SMILES string of the molecule is CC1(C)c2cc3cc(N(c4ccccc4)c4ccc(F)cc4)c(N(c4ccccc4)c4cccc5ccccc45)cc3cc2-c2c(-c3ccc4c(c3)oc3ccccc34)cccc21. The van der Waals surface area contributed by atoms with Crippen molar-refractivity contribution in [3.05, 3.63) is 229 Å². The molecule has 0 unspecified atom stereocenters. The van der Waals surface area contributed by atoms with Gasteiger partial charge in [0.15, 0.2) is 0 Å². The molecule has 12 rings (SSSR count). The van der Waals surface area contributed by atoms with Crippen molar-refractivity contribution in [2.75, 3.05) is 9.80 Å². The monoisotopic (exact) mass is 812 g/mol. The van der Waals surface area contributed by atoms with Crippen LogP contribution in [-0.4, -0.2) is 0 Å². The summed E-state index contributed by atoms with van der Waals surface area (Å²) in [7, 11) is 0. The van der Waals surface area contributed by atoms with Gasteiger partial charge in [0.25, 0.3) is 0 Å². The number of rotatable bonds is 7. The lowest BCUT2D eigenvalue weighted by Gasteiger charge is -2.34. The van der Waals surface area contributed by atoms with Crippen LogP contribution in [0.5, 0.6) is 0 Å². The summed E-state index contributed by atoms with van der Waals surface area (Å²) in [5.74, 6) is -0.276. The average molecular weight is 813 g/mol. The first-order chi connectivity index (χ1) is 30.9. The third-order valence-corrected chi connectivity index (χ3v) is 13.0. The number of halogens is 1. The number of hydrogen-bond acceptors (Lipinski definition) is 3. The predicted octanol–water partition coefficient (Wildman–Crippen LogP) is 16.9. The Balaban J connectivity index is 1.14. The molecule has 63 heavy (non-hydrogen) atoms. The Morgan fingerprint density at radius 2 is 1.00 bits per heavy atom. The summed E-state index contributed by atoms with van der Waals surface area (Å²) < 4.78 is 21.1. The molecule has 0 amide bonds. The summed E-state index contributed by atoms with van der Waals surface area (Å²) in [6.45, 7) is 4.69. The molecule has 0 saturated heterocycles. The quantitative estimate of drug-likeness (QED) is 0.160. The van der Waals surface area contributed by atoms with Crippen LogP contribution in [0.1, 0.15) is 25.0 Å². The number of fused-ring (bicyclic) bond motifs is 8. The van der Waals surface area contributed by atoms with Crippen molar-refractivity contribution in [2.24, 2.45) is 0 Å². The van der Waals surface area contributed by atoms with Crippen LogP contribution in [0.4, 0.5) is 38.5 Å². The van der Waals surface area contributed by atoms with Gasteiger partial charge in [-0.25, -0.2) is 4.39 Å². The zero-order valence-corrected chi connectivity index (χ0v) is 34.9. The molecule has 11 aromatic rings. The third kappa shape index (κ3) is 5.94. The molecule has 0 bridgehead atoms. The van der Waals surface area contributed by atoms with Crippen LogP contribution in [-0.2, 0) is 5.41 Å². The van der Waals surface area contributed by atoms with E-state index >= 15 is 0 Å². The molecule has 0 radical (unpaired) electrons. The molecule has 0 saturated carbocycles. The van der Waals surface area contributed by atoms with Crippen molar-refractivity contribution in [2.45, 2.75) is 19.3 Å². The molecule has 1 aliphatic rings. The van der Waals surface area contributed by atoms with Gasteiger partial charge in [-0.2, -0.15) is 0 Å². The molecular formula is C59H41FN2O. The zero-order chi connectivity index (χ0) is 42.2. The maximum Gasteiger partial charge on any atom is 0.136 e. The van der Waals surface area contributed by atoms with E-state index in [-0.39, 0.29) is 11.2 Å². The Hall–Kier alpha value is -7.95. The lowest BCUT2D eigenvalue weighted by atomic mass is 9.81. The maximum absolute atomic E-state index is 14.7. The number of hydrogen-bond donors (Lipinski definition) is 0. The normalized spacial score (nSPS) is 12.8. The highest BCUT2D eigenvalue weighted by Gasteiger charge is 2.38. The maximum atomic E-state index is 14.7. The largest absolute Gasteiger partial charge is 0.456 e. The first kappa shape index (κ1) is 36.9. The van der Waals surface area contributed by atoms with Gasteiger partial charge in [-0.15, -0.1) is 0 Å². The van der Waals surface area contributed by atoms with Crippen LogP contribution < -0.4 is 9.80 Å². The van der Waals surface area contributed by atoms with E-state index < -0.39 is 0 Å². The van der Waals surface area contributed by atoms with Crippen molar-refractivity contribution >= 4 is 77.6 Å². The van der Waals surface area contributed by atoms with Gasteiger partial charge in [-0.05, 0) is 147 Å². The van der Waals surface area contributed by atoms with E-state index in [1.165, 1.54) is 27.8 Å². The Labute approximate surface area is 365 Å². The molecule has 3 nitrogen and oxygen atoms in total. The molecule has 1 heterocycles. The summed E-state index contributed by atoms with van der Waals surface area (Å²) in [6, 6.07) is 74.1. The van der Waals surface area contributed by atoms with Crippen LogP contribution in [0.15, 0.2) is 217 Å². The Kier molecular flexibility index (Phi) is 8.38. The fourth-order valence-corrected chi connectivity index (χ4v) is 10.0. The van der Waals surface area contributed by atoms with Crippen molar-refractivity contribution in [3.8, 4) is 22.3 Å². The fraction of sp³-hybridized carbons (Fsp3) is 0.0508. The Morgan fingerprint density at radius 3 is 1.78 bits per heavy atom. The smallest absolute Gasteiger partial charge is 0.136 e. The number of benzene rings is 10. The van der Waals surface area contributed by atoms with Crippen LogP contribution in [0, 0.1) is 5.82 Å². The number of furan rings is 1. The summed E-state index contributed by atoms with van der Waals surface area (Å²) in [6.07, 6.45) is 0. The summed E-state index contributed by atoms with van der Waals surface area (Å²) >= 11 is 0. The molecule has 1 aromatic heterocycles. The predicted molar refractivity (Wildman–Crippen MR) is 261 cm³/mol. The zero-order valence-electron chi connectivity index (χ0n) is 34.9. The lowest BCUT2D eigenvalue weighted by Crippen LogP contribution is -2.17. The Morgan fingerprint density at radius 1 is 0.397 bits per heavy atom. The number of anilines is 6. The highest BCUT2D eigenvalue weighted by Crippen LogP contribution is 2.55. The number of para-hydroxylation sites is 3. The molecule has 0 N–H and O–H groups in total. The van der Waals surface area contributed by atoms with E-state index in [1.807, 2.05) is 30.3 Å². The van der Waals surface area contributed by atoms with Crippen LogP contribution in [0.25, 0.3) is 65.7 Å². The average Bonchev–Trinajstić information content (AvgIpc) is 3.80. The highest BCUT2D eigenvalue weighted by atomic mass is 19.1. The molecule has 1 aliphatic carbocycles. The van der Waals surface area contributed by atoms with Crippen molar-refractivity contribution < 1.29 is 8.81 Å². The van der Waals surface area contributed by atoms with Crippen LogP contribution >= 0.6 is 0 Å². The van der Waals surface area contributed by atoms with Crippen molar-refractivity contribution in [1.82, 2.24) is 0 Å². The molecule has 0 aliphatic heterocycles. The van der Waals surface area contributed by atoms with E-state index in [9.17, 15) is 4.39 Å². The minimum absolute atomic E-state index is 0.272. The van der Waals surface area contributed by atoms with Crippen LogP contribution in [0.3, 0.4) is 0 Å². The standard InChI is InChI=1S/C59H41FN2O/c1-59(2)51-24-14-23-47(39-27-32-49-48-22-11-12-26-56(48)63-57(49)37-39)58(51)50-33-40-35-55(62(44-19-7-4-8-20-44)53-25-13-16-38-15-9-10-21-46(38)53)54(36-41(40)34-52(50)59)61(43-17-5-3-6-18-43)45-30-28-42(60)29-31-45/h3-37H,1-2H3. The van der Waals surface area contributed by atoms with E-state index in [4.69, 9.17) is 4.42 Å². The topological polar surface area (TPSA) is 19.6 Å². The summed E-state index contributed by atoms with van der Waals surface area (Å²) in [4.78, 5) is 4.64. The van der Waals surface area contributed by atoms with Gasteiger partial charge >= 0.3 is 0 Å². The Bertz CT molecular complexity index is 3550. The van der Waals surface area contributed by atoms with Gasteiger partial charge in [0.2, 0.25) is 0 Å². The molecule has 4 heteroatoms. The summed E-state index contributed by atoms with van der Waals surface area (Å²) in [5.41, 5.74) is 14.8. The summed E-state index contributed by atoms with van der Waals surface area (Å²) in [5, 5.41) is 6.78. The van der Waals surface area contributed by atoms with E-state index in [2.05, 4.69) is 194 Å². The molecule has 300 valence electrons. The molecular weight excluding hydrogens is 772 g/mol. The van der Waals surface area contributed by atoms with Gasteiger partial charge in [-0.3, -0.25) is 0 Å². The second-order valence-corrected chi connectivity index (χ2v) is 17.1. The van der Waals surface area contributed by atoms with Gasteiger partial charge < -0.3 is 14.2 Å². The third-order valence-electron chi connectivity index (χ3n) is 13.0. The first-order valence-electron chi connectivity index (χ1n) is 21.5. The van der Waals surface area contributed by atoms with Crippen molar-refractivity contribution in [1.29, 1.82) is 0 Å². The van der Waals surface area contributed by atoms with E-state index in [1.54, 1.807) is 12.1 Å². The van der Waals surface area contributed by atoms with Gasteiger partial charge in [0.1, 0.15) is 17.0 Å². The van der Waals surface area contributed by atoms with Crippen LogP contribution in [0.2, 0.25) is 0 Å². The highest BCUT2D eigenvalue weighted by molar-refractivity contribution is 6.09. The second-order valence-electron chi connectivity index (χ2n) is 17.1. The molecule has 0 spiro atoms. The van der Waals surface area contributed by atoms with Gasteiger partial charge in [0.05, 0.1) is 17.1 Å².